The SMILES string of the molecule is CC(=O)c1cc(Br)ccc1OS(=O)(=O)c1cc(Br)cc([N+](=O)[O-])c1. The van der Waals surface area contributed by atoms with Crippen LogP contribution in [0.4, 0.5) is 5.69 Å². The smallest absolute Gasteiger partial charge is 0.339 e. The summed E-state index contributed by atoms with van der Waals surface area (Å²) in [4.78, 5) is 21.4. The summed E-state index contributed by atoms with van der Waals surface area (Å²) in [6, 6.07) is 7.49. The Bertz CT molecular complexity index is 942. The summed E-state index contributed by atoms with van der Waals surface area (Å²) >= 11 is 6.21. The number of hydrogen-bond acceptors (Lipinski definition) is 6. The van der Waals surface area contributed by atoms with Gasteiger partial charge in [0.05, 0.1) is 10.5 Å². The van der Waals surface area contributed by atoms with E-state index >= 15 is 0 Å². The van der Waals surface area contributed by atoms with Gasteiger partial charge in [0.25, 0.3) is 5.69 Å². The Morgan fingerprint density at radius 1 is 1.12 bits per heavy atom. The van der Waals surface area contributed by atoms with Gasteiger partial charge in [-0.25, -0.2) is 0 Å². The molecule has 0 spiro atoms. The third kappa shape index (κ3) is 4.19. The van der Waals surface area contributed by atoms with Crippen LogP contribution in [0, 0.1) is 10.1 Å². The predicted octanol–water partition coefficient (Wildman–Crippen LogP) is 4.09. The highest BCUT2D eigenvalue weighted by atomic mass is 79.9. The standard InChI is InChI=1S/C14H9Br2NO6S/c1-8(18)13-6-9(15)2-3-14(13)23-24(21,22)12-5-10(16)4-11(7-12)17(19)20/h2-7H,1H3. The second kappa shape index (κ2) is 6.99. The summed E-state index contributed by atoms with van der Waals surface area (Å²) in [5.74, 6) is -0.546. The lowest BCUT2D eigenvalue weighted by atomic mass is 10.1. The third-order valence-electron chi connectivity index (χ3n) is 2.88. The van der Waals surface area contributed by atoms with Crippen molar-refractivity contribution in [2.24, 2.45) is 0 Å². The van der Waals surface area contributed by atoms with Crippen molar-refractivity contribution in [2.75, 3.05) is 0 Å². The first-order valence-corrected chi connectivity index (χ1v) is 9.29. The number of carbonyl (C=O) groups is 1. The minimum atomic E-state index is -4.36. The van der Waals surface area contributed by atoms with Gasteiger partial charge in [-0.05, 0) is 31.2 Å². The van der Waals surface area contributed by atoms with Crippen molar-refractivity contribution in [3.05, 3.63) is 61.0 Å². The minimum Gasteiger partial charge on any atom is -0.378 e. The van der Waals surface area contributed by atoms with E-state index < -0.39 is 25.6 Å². The lowest BCUT2D eigenvalue weighted by Crippen LogP contribution is -2.12. The van der Waals surface area contributed by atoms with E-state index in [9.17, 15) is 23.3 Å². The molecule has 0 unspecified atom stereocenters. The maximum Gasteiger partial charge on any atom is 0.339 e. The largest absolute Gasteiger partial charge is 0.378 e. The number of benzene rings is 2. The number of halogens is 2. The molecule has 2 rings (SSSR count). The number of non-ortho nitro benzene ring substituents is 1. The van der Waals surface area contributed by atoms with Crippen LogP contribution in [0.5, 0.6) is 5.75 Å². The van der Waals surface area contributed by atoms with Crippen LogP contribution in [0.25, 0.3) is 0 Å². The Morgan fingerprint density at radius 2 is 1.79 bits per heavy atom. The van der Waals surface area contributed by atoms with Crippen LogP contribution in [0.15, 0.2) is 50.2 Å². The fourth-order valence-corrected chi connectivity index (χ4v) is 3.82. The van der Waals surface area contributed by atoms with E-state index in [0.29, 0.717) is 4.47 Å². The summed E-state index contributed by atoms with van der Waals surface area (Å²) < 4.78 is 30.6. The number of hydrogen-bond donors (Lipinski definition) is 0. The molecule has 0 radical (unpaired) electrons. The van der Waals surface area contributed by atoms with Gasteiger partial charge in [0.2, 0.25) is 0 Å². The molecule has 7 nitrogen and oxygen atoms in total. The Morgan fingerprint density at radius 3 is 2.38 bits per heavy atom. The van der Waals surface area contributed by atoms with Gasteiger partial charge in [-0.2, -0.15) is 8.42 Å². The van der Waals surface area contributed by atoms with Crippen LogP contribution in [-0.4, -0.2) is 19.1 Å². The van der Waals surface area contributed by atoms with Gasteiger partial charge in [-0.15, -0.1) is 0 Å². The van der Waals surface area contributed by atoms with Crippen molar-refractivity contribution in [3.8, 4) is 5.75 Å². The van der Waals surface area contributed by atoms with E-state index in [1.807, 2.05) is 0 Å². The molecule has 24 heavy (non-hydrogen) atoms. The quantitative estimate of drug-likeness (QED) is 0.277. The normalized spacial score (nSPS) is 11.1. The average molecular weight is 479 g/mol. The maximum absolute atomic E-state index is 12.4. The van der Waals surface area contributed by atoms with Gasteiger partial charge in [-0.1, -0.05) is 31.9 Å². The molecule has 0 atom stereocenters. The molecule has 0 saturated heterocycles. The Labute approximate surface area is 154 Å². The molecule has 10 heteroatoms. The highest BCUT2D eigenvalue weighted by Crippen LogP contribution is 2.29. The number of carbonyl (C=O) groups excluding carboxylic acids is 1. The number of nitro benzene ring substituents is 1. The Hall–Kier alpha value is -1.78. The fraction of sp³-hybridized carbons (Fsp3) is 0.0714. The number of ketones is 1. The third-order valence-corrected chi connectivity index (χ3v) is 5.04. The lowest BCUT2D eigenvalue weighted by molar-refractivity contribution is -0.385. The van der Waals surface area contributed by atoms with E-state index in [2.05, 4.69) is 31.9 Å². The van der Waals surface area contributed by atoms with E-state index in [1.165, 1.54) is 37.3 Å². The van der Waals surface area contributed by atoms with Gasteiger partial charge in [0.15, 0.2) is 11.5 Å². The molecule has 0 heterocycles. The first-order valence-electron chi connectivity index (χ1n) is 6.30. The number of nitro groups is 1. The molecule has 2 aromatic carbocycles. The number of rotatable bonds is 5. The molecule has 0 saturated carbocycles. The number of Topliss-reactive ketones (excluding diaryl/α,β-unsaturated/α-hetero) is 1. The highest BCUT2D eigenvalue weighted by molar-refractivity contribution is 9.10. The van der Waals surface area contributed by atoms with E-state index in [-0.39, 0.29) is 21.6 Å². The van der Waals surface area contributed by atoms with Crippen LogP contribution < -0.4 is 4.18 Å². The molecule has 0 bridgehead atoms. The second-order valence-electron chi connectivity index (χ2n) is 4.64. The van der Waals surface area contributed by atoms with Crippen molar-refractivity contribution < 1.29 is 22.3 Å². The van der Waals surface area contributed by atoms with Crippen LogP contribution in [0.3, 0.4) is 0 Å². The lowest BCUT2D eigenvalue weighted by Gasteiger charge is -2.10. The first-order chi connectivity index (χ1) is 11.1. The van der Waals surface area contributed by atoms with E-state index in [0.717, 1.165) is 6.07 Å². The van der Waals surface area contributed by atoms with Crippen molar-refractivity contribution in [3.63, 3.8) is 0 Å². The monoisotopic (exact) mass is 477 g/mol. The molecule has 0 amide bonds. The highest BCUT2D eigenvalue weighted by Gasteiger charge is 2.23. The minimum absolute atomic E-state index is 0.0671. The van der Waals surface area contributed by atoms with E-state index in [4.69, 9.17) is 4.18 Å². The summed E-state index contributed by atoms with van der Waals surface area (Å²) in [6.07, 6.45) is 0. The maximum atomic E-state index is 12.4. The molecule has 0 aliphatic carbocycles. The molecular weight excluding hydrogens is 470 g/mol. The molecule has 0 aliphatic heterocycles. The number of nitrogens with zero attached hydrogens (tertiary/aromatic N) is 1. The second-order valence-corrected chi connectivity index (χ2v) is 8.01. The van der Waals surface area contributed by atoms with Crippen LogP contribution in [-0.2, 0) is 10.1 Å². The zero-order chi connectivity index (χ0) is 18.1. The van der Waals surface area contributed by atoms with Gasteiger partial charge in [0.1, 0.15) is 4.90 Å². The van der Waals surface area contributed by atoms with Crippen molar-refractivity contribution >= 4 is 53.4 Å². The van der Waals surface area contributed by atoms with Gasteiger partial charge < -0.3 is 4.18 Å². The van der Waals surface area contributed by atoms with Crippen molar-refractivity contribution in [1.82, 2.24) is 0 Å². The van der Waals surface area contributed by atoms with Crippen molar-refractivity contribution in [2.45, 2.75) is 11.8 Å². The summed E-state index contributed by atoms with van der Waals surface area (Å²) in [6.45, 7) is 1.27. The molecule has 0 N–H and O–H groups in total. The molecule has 0 aliphatic rings. The zero-order valence-electron chi connectivity index (χ0n) is 12.0. The summed E-state index contributed by atoms with van der Waals surface area (Å²) in [5.41, 5.74) is -0.341. The van der Waals surface area contributed by atoms with Crippen LogP contribution in [0.2, 0.25) is 0 Å². The molecular formula is C14H9Br2NO6S. The van der Waals surface area contributed by atoms with Crippen LogP contribution >= 0.6 is 31.9 Å². The topological polar surface area (TPSA) is 104 Å². The van der Waals surface area contributed by atoms with Gasteiger partial charge in [0, 0.05) is 21.1 Å². The first kappa shape index (κ1) is 18.6. The summed E-state index contributed by atoms with van der Waals surface area (Å²) in [5, 5.41) is 10.9. The predicted molar refractivity (Wildman–Crippen MR) is 92.8 cm³/mol. The molecule has 126 valence electrons. The Kier molecular flexibility index (Phi) is 5.41. The zero-order valence-corrected chi connectivity index (χ0v) is 16.0. The molecule has 0 aromatic heterocycles. The van der Waals surface area contributed by atoms with Gasteiger partial charge in [-0.3, -0.25) is 14.9 Å². The average Bonchev–Trinajstić information content (AvgIpc) is 2.48. The fourth-order valence-electron chi connectivity index (χ4n) is 1.81. The van der Waals surface area contributed by atoms with E-state index in [1.54, 1.807) is 0 Å². The van der Waals surface area contributed by atoms with Gasteiger partial charge >= 0.3 is 10.1 Å². The molecule has 0 fully saturated rings. The van der Waals surface area contributed by atoms with Crippen molar-refractivity contribution in [1.29, 1.82) is 0 Å². The summed E-state index contributed by atoms with van der Waals surface area (Å²) in [7, 11) is -4.36. The van der Waals surface area contributed by atoms with Crippen LogP contribution in [0.1, 0.15) is 17.3 Å². The molecule has 2 aromatic rings. The Balaban J connectivity index is 2.50.